The average molecular weight is 447 g/mol. The second-order valence-electron chi connectivity index (χ2n) is 6.83. The van der Waals surface area contributed by atoms with Crippen molar-refractivity contribution in [3.05, 3.63) is 81.6 Å². The molecule has 0 N–H and O–H groups in total. The molecule has 0 fully saturated rings. The van der Waals surface area contributed by atoms with Crippen molar-refractivity contribution in [2.45, 2.75) is 20.0 Å². The molecule has 2 aromatic carbocycles. The molecule has 0 aliphatic carbocycles. The van der Waals surface area contributed by atoms with Crippen LogP contribution in [0.25, 0.3) is 11.4 Å². The molecule has 7 nitrogen and oxygen atoms in total. The van der Waals surface area contributed by atoms with Crippen LogP contribution >= 0.6 is 15.9 Å². The Morgan fingerprint density at radius 3 is 2.90 bits per heavy atom. The number of fused-ring (bicyclic) bond motifs is 5. The SMILES string of the molecule is Cc1ccc2c(c1)-n1nnc(COc3cccc(Br)c3)c1Cc1c(C#N)ncn1-2. The molecule has 8 heteroatoms. The van der Waals surface area contributed by atoms with E-state index < -0.39 is 0 Å². The van der Waals surface area contributed by atoms with Gasteiger partial charge in [0.25, 0.3) is 0 Å². The first kappa shape index (κ1) is 17.6. The van der Waals surface area contributed by atoms with E-state index in [9.17, 15) is 5.26 Å². The highest BCUT2D eigenvalue weighted by Crippen LogP contribution is 2.31. The molecule has 0 saturated heterocycles. The normalized spacial score (nSPS) is 11.8. The second kappa shape index (κ2) is 6.87. The molecular formula is C21H15BrN6O. The Kier molecular flexibility index (Phi) is 4.18. The second-order valence-corrected chi connectivity index (χ2v) is 7.75. The molecular weight excluding hydrogens is 432 g/mol. The van der Waals surface area contributed by atoms with Gasteiger partial charge in [-0.3, -0.25) is 4.57 Å². The van der Waals surface area contributed by atoms with Crippen LogP contribution in [0.3, 0.4) is 0 Å². The zero-order chi connectivity index (χ0) is 20.0. The van der Waals surface area contributed by atoms with Gasteiger partial charge in [-0.15, -0.1) is 5.10 Å². The number of halogens is 1. The van der Waals surface area contributed by atoms with Gasteiger partial charge in [-0.25, -0.2) is 9.67 Å². The van der Waals surface area contributed by atoms with Gasteiger partial charge in [-0.1, -0.05) is 33.3 Å². The highest BCUT2D eigenvalue weighted by Gasteiger charge is 2.26. The van der Waals surface area contributed by atoms with E-state index in [2.05, 4.69) is 43.4 Å². The van der Waals surface area contributed by atoms with Gasteiger partial charge in [-0.2, -0.15) is 5.26 Å². The van der Waals surface area contributed by atoms with E-state index in [4.69, 9.17) is 4.74 Å². The van der Waals surface area contributed by atoms with Crippen LogP contribution in [0.15, 0.2) is 53.3 Å². The van der Waals surface area contributed by atoms with Crippen molar-refractivity contribution in [2.24, 2.45) is 0 Å². The summed E-state index contributed by atoms with van der Waals surface area (Å²) in [6.45, 7) is 2.32. The number of aromatic nitrogens is 5. The first-order chi connectivity index (χ1) is 14.1. The molecule has 2 aromatic heterocycles. The molecule has 1 aliphatic rings. The highest BCUT2D eigenvalue weighted by molar-refractivity contribution is 9.10. The van der Waals surface area contributed by atoms with Gasteiger partial charge in [0.15, 0.2) is 5.69 Å². The third-order valence-electron chi connectivity index (χ3n) is 4.94. The first-order valence-corrected chi connectivity index (χ1v) is 9.83. The average Bonchev–Trinajstić information content (AvgIpc) is 3.28. The van der Waals surface area contributed by atoms with Gasteiger partial charge < -0.3 is 4.74 Å². The predicted molar refractivity (Wildman–Crippen MR) is 109 cm³/mol. The predicted octanol–water partition coefficient (Wildman–Crippen LogP) is 3.88. The van der Waals surface area contributed by atoms with E-state index in [1.54, 1.807) is 6.33 Å². The number of nitrogens with zero attached hydrogens (tertiary/aromatic N) is 6. The quantitative estimate of drug-likeness (QED) is 0.419. The summed E-state index contributed by atoms with van der Waals surface area (Å²) in [6, 6.07) is 16.0. The summed E-state index contributed by atoms with van der Waals surface area (Å²) in [7, 11) is 0. The van der Waals surface area contributed by atoms with Gasteiger partial charge in [0, 0.05) is 10.9 Å². The largest absolute Gasteiger partial charge is 0.487 e. The molecule has 3 heterocycles. The maximum absolute atomic E-state index is 9.52. The summed E-state index contributed by atoms with van der Waals surface area (Å²) < 4.78 is 10.7. The number of hydrogen-bond donors (Lipinski definition) is 0. The van der Waals surface area contributed by atoms with Crippen molar-refractivity contribution in [1.82, 2.24) is 24.5 Å². The van der Waals surface area contributed by atoms with Crippen molar-refractivity contribution < 1.29 is 4.74 Å². The fraction of sp³-hybridized carbons (Fsp3) is 0.143. The topological polar surface area (TPSA) is 81.6 Å². The molecule has 0 bridgehead atoms. The monoisotopic (exact) mass is 446 g/mol. The number of benzene rings is 2. The van der Waals surface area contributed by atoms with Crippen LogP contribution in [0.4, 0.5) is 0 Å². The molecule has 0 radical (unpaired) electrons. The van der Waals surface area contributed by atoms with Gasteiger partial charge in [-0.05, 0) is 42.8 Å². The molecule has 0 saturated carbocycles. The first-order valence-electron chi connectivity index (χ1n) is 9.03. The summed E-state index contributed by atoms with van der Waals surface area (Å²) in [4.78, 5) is 4.28. The molecule has 0 unspecified atom stereocenters. The van der Waals surface area contributed by atoms with Gasteiger partial charge in [0.2, 0.25) is 0 Å². The maximum atomic E-state index is 9.52. The number of imidazole rings is 1. The third-order valence-corrected chi connectivity index (χ3v) is 5.43. The zero-order valence-corrected chi connectivity index (χ0v) is 17.1. The summed E-state index contributed by atoms with van der Waals surface area (Å²) in [6.07, 6.45) is 2.18. The summed E-state index contributed by atoms with van der Waals surface area (Å²) in [5, 5.41) is 18.3. The highest BCUT2D eigenvalue weighted by atomic mass is 79.9. The summed E-state index contributed by atoms with van der Waals surface area (Å²) in [5.74, 6) is 0.744. The molecule has 4 aromatic rings. The minimum atomic E-state index is 0.281. The van der Waals surface area contributed by atoms with Crippen molar-refractivity contribution in [3.8, 4) is 23.2 Å². The van der Waals surface area contributed by atoms with E-state index >= 15 is 0 Å². The van der Waals surface area contributed by atoms with Crippen LogP contribution in [0.2, 0.25) is 0 Å². The molecule has 0 amide bonds. The molecule has 0 atom stereocenters. The third kappa shape index (κ3) is 3.00. The zero-order valence-electron chi connectivity index (χ0n) is 15.5. The maximum Gasteiger partial charge on any atom is 0.162 e. The van der Waals surface area contributed by atoms with Crippen LogP contribution in [0, 0.1) is 18.3 Å². The number of nitriles is 1. The van der Waals surface area contributed by atoms with Gasteiger partial charge in [0.05, 0.1) is 22.8 Å². The number of ether oxygens (including phenoxy) is 1. The van der Waals surface area contributed by atoms with Crippen LogP contribution in [0.1, 0.15) is 28.3 Å². The van der Waals surface area contributed by atoms with Crippen LogP contribution < -0.4 is 4.74 Å². The Bertz CT molecular complexity index is 1280. The van der Waals surface area contributed by atoms with E-state index in [0.717, 1.165) is 44.2 Å². The van der Waals surface area contributed by atoms with E-state index in [0.29, 0.717) is 12.1 Å². The Labute approximate surface area is 175 Å². The lowest BCUT2D eigenvalue weighted by Gasteiger charge is -2.10. The Morgan fingerprint density at radius 2 is 2.07 bits per heavy atom. The number of hydrogen-bond acceptors (Lipinski definition) is 5. The van der Waals surface area contributed by atoms with E-state index in [-0.39, 0.29) is 6.61 Å². The lowest BCUT2D eigenvalue weighted by molar-refractivity contribution is 0.300. The standard InChI is InChI=1S/C21H15BrN6O/c1-13-5-6-18-21(7-13)28-20(9-19-16(10-23)24-12-27(18)19)17(25-26-28)11-29-15-4-2-3-14(22)8-15/h2-8,12H,9,11H2,1H3. The molecule has 29 heavy (non-hydrogen) atoms. The summed E-state index contributed by atoms with van der Waals surface area (Å²) >= 11 is 3.45. The number of aryl methyl sites for hydroxylation is 1. The minimum Gasteiger partial charge on any atom is -0.487 e. The Morgan fingerprint density at radius 1 is 1.17 bits per heavy atom. The van der Waals surface area contributed by atoms with E-state index in [1.165, 1.54) is 0 Å². The van der Waals surface area contributed by atoms with Crippen molar-refractivity contribution in [1.29, 1.82) is 5.26 Å². The Hall–Kier alpha value is -3.44. The van der Waals surface area contributed by atoms with Crippen LogP contribution in [-0.4, -0.2) is 24.5 Å². The Balaban J connectivity index is 1.61. The van der Waals surface area contributed by atoms with Crippen molar-refractivity contribution >= 4 is 15.9 Å². The fourth-order valence-corrected chi connectivity index (χ4v) is 3.91. The van der Waals surface area contributed by atoms with Crippen molar-refractivity contribution in [2.75, 3.05) is 0 Å². The molecule has 5 rings (SSSR count). The van der Waals surface area contributed by atoms with Gasteiger partial charge in [0.1, 0.15) is 30.4 Å². The smallest absolute Gasteiger partial charge is 0.162 e. The summed E-state index contributed by atoms with van der Waals surface area (Å²) in [5.41, 5.74) is 5.79. The molecule has 1 aliphatic heterocycles. The lowest BCUT2D eigenvalue weighted by atomic mass is 10.1. The lowest BCUT2D eigenvalue weighted by Crippen LogP contribution is -2.05. The number of rotatable bonds is 3. The molecule has 142 valence electrons. The van der Waals surface area contributed by atoms with Crippen LogP contribution in [0.5, 0.6) is 5.75 Å². The molecule has 0 spiro atoms. The van der Waals surface area contributed by atoms with Crippen LogP contribution in [-0.2, 0) is 13.0 Å². The van der Waals surface area contributed by atoms with Crippen molar-refractivity contribution in [3.63, 3.8) is 0 Å². The van der Waals surface area contributed by atoms with Gasteiger partial charge >= 0.3 is 0 Å². The minimum absolute atomic E-state index is 0.281. The fourth-order valence-electron chi connectivity index (χ4n) is 3.53. The van der Waals surface area contributed by atoms with E-state index in [1.807, 2.05) is 52.6 Å².